The van der Waals surface area contributed by atoms with Crippen LogP contribution in [0.3, 0.4) is 0 Å². The van der Waals surface area contributed by atoms with Gasteiger partial charge in [-0.1, -0.05) is 31.1 Å². The van der Waals surface area contributed by atoms with Crippen molar-refractivity contribution in [2.24, 2.45) is 26.8 Å². The van der Waals surface area contributed by atoms with E-state index >= 15 is 0 Å². The van der Waals surface area contributed by atoms with Crippen LogP contribution < -0.4 is 20.8 Å². The second kappa shape index (κ2) is 11.6. The number of fused-ring (bicyclic) bond motifs is 5. The number of aliphatic hydroxyl groups is 1. The summed E-state index contributed by atoms with van der Waals surface area (Å²) in [6.45, 7) is 12.0. The SMILES string of the molecule is CC[C@H]1C2=CC3=C(C)C4=C([O-])CC(=c5[n-]c(c(C)c5CCC(=O)OC)=CC5=NC(=CC(=N2)[C@@H]1C)C([C@H](C)O)=C5C)C4=N3.[Zn+2]. The summed E-state index contributed by atoms with van der Waals surface area (Å²) < 4.78 is 4.93. The van der Waals surface area contributed by atoms with Crippen molar-refractivity contribution in [3.63, 3.8) is 0 Å². The third-order valence-corrected chi connectivity index (χ3v) is 9.29. The summed E-state index contributed by atoms with van der Waals surface area (Å²) in [7, 11) is 1.38. The Labute approximate surface area is 264 Å². The fourth-order valence-electron chi connectivity index (χ4n) is 6.88. The van der Waals surface area contributed by atoms with Crippen molar-refractivity contribution < 1.29 is 39.2 Å². The Kier molecular flexibility index (Phi) is 8.36. The molecule has 0 saturated carbocycles. The fourth-order valence-corrected chi connectivity index (χ4v) is 6.88. The molecule has 9 heteroatoms. The monoisotopic (exact) mass is 628 g/mol. The van der Waals surface area contributed by atoms with Crippen molar-refractivity contribution in [3.05, 3.63) is 79.1 Å². The first-order valence-corrected chi connectivity index (χ1v) is 14.7. The summed E-state index contributed by atoms with van der Waals surface area (Å²) >= 11 is 0. The predicted molar refractivity (Wildman–Crippen MR) is 162 cm³/mol. The van der Waals surface area contributed by atoms with Gasteiger partial charge < -0.3 is 19.9 Å². The minimum Gasteiger partial charge on any atom is -0.875 e. The van der Waals surface area contributed by atoms with Gasteiger partial charge in [0.05, 0.1) is 36.0 Å². The molecular formula is C34H36N4O4Zn. The van der Waals surface area contributed by atoms with Crippen molar-refractivity contribution in [1.82, 2.24) is 4.98 Å². The second-order valence-electron chi connectivity index (χ2n) is 11.7. The molecule has 218 valence electrons. The van der Waals surface area contributed by atoms with Crippen molar-refractivity contribution in [2.75, 3.05) is 7.11 Å². The summed E-state index contributed by atoms with van der Waals surface area (Å²) in [5.74, 6) is 0.0827. The number of rotatable bonds is 5. The van der Waals surface area contributed by atoms with E-state index in [0.29, 0.717) is 28.8 Å². The van der Waals surface area contributed by atoms with Gasteiger partial charge in [0.15, 0.2) is 0 Å². The first-order valence-electron chi connectivity index (χ1n) is 14.7. The number of methoxy groups -OCH3 is 1. The van der Waals surface area contributed by atoms with Gasteiger partial charge in [0, 0.05) is 35.2 Å². The van der Waals surface area contributed by atoms with Crippen LogP contribution in [0.25, 0.3) is 11.6 Å². The zero-order chi connectivity index (χ0) is 30.0. The zero-order valence-electron chi connectivity index (χ0n) is 26.0. The summed E-state index contributed by atoms with van der Waals surface area (Å²) in [5.41, 5.74) is 10.5. The average Bonchev–Trinajstić information content (AvgIpc) is 3.70. The van der Waals surface area contributed by atoms with Crippen LogP contribution in [0.4, 0.5) is 0 Å². The number of ether oxygens (including phenoxy) is 1. The zero-order valence-corrected chi connectivity index (χ0v) is 28.9. The number of nitrogens with zero attached hydrogens (tertiary/aromatic N) is 4. The Hall–Kier alpha value is -3.42. The van der Waals surface area contributed by atoms with Gasteiger partial charge >= 0.3 is 25.4 Å². The number of aliphatic hydroxyl groups excluding tert-OH is 1. The average molecular weight is 630 g/mol. The molecule has 5 heterocycles. The summed E-state index contributed by atoms with van der Waals surface area (Å²) in [6.07, 6.45) is 7.01. The molecular weight excluding hydrogens is 594 g/mol. The van der Waals surface area contributed by atoms with Crippen LogP contribution in [-0.4, -0.2) is 41.4 Å². The van der Waals surface area contributed by atoms with Crippen LogP contribution in [-0.2, 0) is 35.4 Å². The number of hydrogen-bond donors (Lipinski definition) is 1. The predicted octanol–water partition coefficient (Wildman–Crippen LogP) is 2.78. The van der Waals surface area contributed by atoms with Crippen LogP contribution in [0.15, 0.2) is 72.3 Å². The van der Waals surface area contributed by atoms with Gasteiger partial charge in [0.25, 0.3) is 0 Å². The smallest absolute Gasteiger partial charge is 0.875 e. The van der Waals surface area contributed by atoms with Crippen molar-refractivity contribution in [1.29, 1.82) is 0 Å². The van der Waals surface area contributed by atoms with Gasteiger partial charge in [0.2, 0.25) is 0 Å². The second-order valence-corrected chi connectivity index (χ2v) is 11.7. The van der Waals surface area contributed by atoms with Gasteiger partial charge in [-0.05, 0) is 81.4 Å². The molecule has 0 unspecified atom stereocenters. The van der Waals surface area contributed by atoms with Crippen LogP contribution in [0.2, 0.25) is 0 Å². The number of aromatic nitrogens is 1. The molecule has 1 N–H and O–H groups in total. The maximum atomic E-state index is 13.4. The molecule has 1 aromatic rings. The van der Waals surface area contributed by atoms with E-state index in [1.54, 1.807) is 6.92 Å². The molecule has 0 spiro atoms. The fraction of sp³-hybridized carbons (Fsp3) is 0.412. The number of aliphatic imine (C=N–C) groups is 3. The molecule has 4 aliphatic heterocycles. The molecule has 8 bridgehead atoms. The van der Waals surface area contributed by atoms with E-state index in [2.05, 4.69) is 13.8 Å². The molecule has 0 radical (unpaired) electrons. The Morgan fingerprint density at radius 3 is 2.58 bits per heavy atom. The van der Waals surface area contributed by atoms with Crippen LogP contribution in [0.5, 0.6) is 0 Å². The van der Waals surface area contributed by atoms with E-state index in [-0.39, 0.29) is 55.9 Å². The maximum Gasteiger partial charge on any atom is 2.00 e. The molecule has 3 atom stereocenters. The Morgan fingerprint density at radius 2 is 1.91 bits per heavy atom. The quantitative estimate of drug-likeness (QED) is 0.397. The van der Waals surface area contributed by atoms with E-state index in [0.717, 1.165) is 68.0 Å². The number of carbonyl (C=O) groups is 1. The normalized spacial score (nSPS) is 23.1. The first kappa shape index (κ1) is 31.0. The molecule has 0 saturated heterocycles. The summed E-state index contributed by atoms with van der Waals surface area (Å²) in [5, 5.41) is 25.6. The number of esters is 1. The number of hydrogen-bond acceptors (Lipinski definition) is 7. The first-order chi connectivity index (χ1) is 20.0. The largest absolute Gasteiger partial charge is 2.00 e. The Balaban J connectivity index is 0.00000368. The van der Waals surface area contributed by atoms with Crippen molar-refractivity contribution in [2.45, 2.75) is 73.3 Å². The summed E-state index contributed by atoms with van der Waals surface area (Å²) in [6, 6.07) is 0. The van der Waals surface area contributed by atoms with Gasteiger partial charge in [-0.3, -0.25) is 9.79 Å². The number of carbonyl (C=O) groups excluding carboxylic acids is 1. The van der Waals surface area contributed by atoms with Gasteiger partial charge in [-0.15, -0.1) is 16.5 Å². The molecule has 0 aromatic carbocycles. The van der Waals surface area contributed by atoms with Crippen LogP contribution in [0, 0.1) is 18.8 Å². The molecule has 5 aliphatic rings. The van der Waals surface area contributed by atoms with Gasteiger partial charge in [-0.25, -0.2) is 9.98 Å². The molecule has 1 aromatic heterocycles. The molecule has 0 fully saturated rings. The Bertz CT molecular complexity index is 1820. The summed E-state index contributed by atoms with van der Waals surface area (Å²) in [4.78, 5) is 32.3. The van der Waals surface area contributed by atoms with E-state index in [1.165, 1.54) is 7.11 Å². The van der Waals surface area contributed by atoms with Crippen LogP contribution in [0.1, 0.15) is 65.0 Å². The molecule has 8 nitrogen and oxygen atoms in total. The van der Waals surface area contributed by atoms with E-state index < -0.39 is 6.10 Å². The molecule has 1 aliphatic carbocycles. The molecule has 6 rings (SSSR count). The third-order valence-electron chi connectivity index (χ3n) is 9.29. The van der Waals surface area contributed by atoms with Crippen LogP contribution >= 0.6 is 0 Å². The minimum atomic E-state index is -0.713. The van der Waals surface area contributed by atoms with Crippen molar-refractivity contribution in [3.8, 4) is 0 Å². The van der Waals surface area contributed by atoms with E-state index in [1.807, 2.05) is 39.0 Å². The topological polar surface area (TPSA) is 121 Å². The van der Waals surface area contributed by atoms with Crippen molar-refractivity contribution >= 4 is 34.8 Å². The molecule has 43 heavy (non-hydrogen) atoms. The van der Waals surface area contributed by atoms with Gasteiger partial charge in [-0.2, -0.15) is 0 Å². The molecule has 0 amide bonds. The number of allylic oxidation sites excluding steroid dienone is 7. The van der Waals surface area contributed by atoms with E-state index in [9.17, 15) is 15.0 Å². The Morgan fingerprint density at radius 1 is 1.16 bits per heavy atom. The standard InChI is InChI=1S/C34H37N4O4.Zn/c1-8-20-15(2)23-14-28-31(19(6)39)17(4)25(36-28)12-24-16(3)21(9-10-30(41)42-7)33(37-24)22-11-29(40)32-18(5)26(38-34(22)32)13-27(20)35-23;/h12-15,19-20,39H,8-11H2,1-7H3,(H-,35,36,37,38,40);/q-1;+2/p-1/t15-,19+,20-;/m1./s1. The van der Waals surface area contributed by atoms with E-state index in [4.69, 9.17) is 24.7 Å². The van der Waals surface area contributed by atoms with Gasteiger partial charge in [0.1, 0.15) is 0 Å². The minimum absolute atomic E-state index is 0. The maximum absolute atomic E-state index is 13.4. The third kappa shape index (κ3) is 5.00.